The third-order valence-electron chi connectivity index (χ3n) is 4.85. The van der Waals surface area contributed by atoms with Crippen LogP contribution >= 0.6 is 0 Å². The number of anilines is 2. The molecule has 1 unspecified atom stereocenters. The third-order valence-corrected chi connectivity index (χ3v) is 4.85. The predicted octanol–water partition coefficient (Wildman–Crippen LogP) is 5.19. The fraction of sp³-hybridized carbons (Fsp3) is 0.364. The monoisotopic (exact) mass is 440 g/mol. The number of aliphatic carboxylic acids is 1. The number of nitrogens with one attached hydrogen (secondary N) is 1. The van der Waals surface area contributed by atoms with Gasteiger partial charge in [-0.15, -0.1) is 0 Å². The Morgan fingerprint density at radius 2 is 1.61 bits per heavy atom. The molecule has 0 aliphatic carbocycles. The summed E-state index contributed by atoms with van der Waals surface area (Å²) in [5.74, 6) is -3.37. The summed E-state index contributed by atoms with van der Waals surface area (Å²) in [5.41, 5.74) is 2.78. The van der Waals surface area contributed by atoms with Crippen molar-refractivity contribution in [2.75, 3.05) is 23.3 Å². The van der Waals surface area contributed by atoms with E-state index >= 15 is 0 Å². The molecule has 2 N–H and O–H groups in total. The van der Waals surface area contributed by atoms with Gasteiger partial charge in [0.1, 0.15) is 5.82 Å². The number of nitrogens with zero attached hydrogens (tertiary/aromatic N) is 1. The Morgan fingerprint density at radius 3 is 2.13 bits per heavy atom. The molecule has 31 heavy (non-hydrogen) atoms. The van der Waals surface area contributed by atoms with Crippen LogP contribution in [-0.2, 0) is 9.59 Å². The van der Waals surface area contributed by atoms with E-state index in [1.54, 1.807) is 12.1 Å². The van der Waals surface area contributed by atoms with Gasteiger partial charge in [0.25, 0.3) is 0 Å². The van der Waals surface area contributed by atoms with Gasteiger partial charge >= 0.3 is 12.1 Å². The molecule has 0 radical (unpaired) electrons. The highest BCUT2D eigenvalue weighted by Crippen LogP contribution is 2.30. The average Bonchev–Trinajstić information content (AvgIpc) is 3.25. The number of carbonyl (C=O) groups excluding carboxylic acids is 1. The van der Waals surface area contributed by atoms with E-state index in [0.29, 0.717) is 6.42 Å². The van der Waals surface area contributed by atoms with E-state index in [1.807, 2.05) is 25.1 Å². The molecule has 0 saturated carbocycles. The van der Waals surface area contributed by atoms with Crippen LogP contribution in [0.2, 0.25) is 0 Å². The molecular formula is C22H24F4N2O3. The lowest BCUT2D eigenvalue weighted by molar-refractivity contribution is -0.192. The van der Waals surface area contributed by atoms with Crippen LogP contribution in [0.25, 0.3) is 0 Å². The molecule has 1 saturated heterocycles. The molecule has 0 bridgehead atoms. The first-order valence-electron chi connectivity index (χ1n) is 9.84. The Bertz CT molecular complexity index is 879. The van der Waals surface area contributed by atoms with E-state index in [-0.39, 0.29) is 17.6 Å². The average molecular weight is 440 g/mol. The van der Waals surface area contributed by atoms with Gasteiger partial charge in [-0.2, -0.15) is 13.2 Å². The zero-order valence-electron chi connectivity index (χ0n) is 17.0. The molecule has 2 aromatic rings. The largest absolute Gasteiger partial charge is 0.490 e. The first-order chi connectivity index (χ1) is 14.6. The topological polar surface area (TPSA) is 69.6 Å². The zero-order valence-corrected chi connectivity index (χ0v) is 17.0. The van der Waals surface area contributed by atoms with Gasteiger partial charge < -0.3 is 15.3 Å². The summed E-state index contributed by atoms with van der Waals surface area (Å²) in [5, 5.41) is 10.2. The van der Waals surface area contributed by atoms with E-state index in [4.69, 9.17) is 9.90 Å². The van der Waals surface area contributed by atoms with Crippen molar-refractivity contribution in [2.45, 2.75) is 38.3 Å². The van der Waals surface area contributed by atoms with Crippen molar-refractivity contribution in [2.24, 2.45) is 0 Å². The zero-order chi connectivity index (χ0) is 23.0. The maximum absolute atomic E-state index is 13.1. The number of amides is 1. The van der Waals surface area contributed by atoms with E-state index in [0.717, 1.165) is 30.0 Å². The minimum absolute atomic E-state index is 0.0456. The van der Waals surface area contributed by atoms with E-state index < -0.39 is 12.1 Å². The number of carbonyl (C=O) groups is 2. The van der Waals surface area contributed by atoms with Gasteiger partial charge in [0, 0.05) is 13.1 Å². The molecule has 1 aliphatic rings. The molecule has 168 valence electrons. The van der Waals surface area contributed by atoms with Crippen molar-refractivity contribution in [3.8, 4) is 0 Å². The second-order valence-electron chi connectivity index (χ2n) is 7.02. The van der Waals surface area contributed by atoms with Crippen molar-refractivity contribution < 1.29 is 32.3 Å². The normalized spacial score (nSPS) is 14.4. The van der Waals surface area contributed by atoms with Crippen molar-refractivity contribution in [3.63, 3.8) is 0 Å². The van der Waals surface area contributed by atoms with Gasteiger partial charge in [-0.25, -0.2) is 9.18 Å². The number of carboxylic acids is 1. The van der Waals surface area contributed by atoms with Gasteiger partial charge in [-0.3, -0.25) is 4.79 Å². The number of carboxylic acid groups (broad SMARTS) is 1. The highest BCUT2D eigenvalue weighted by Gasteiger charge is 2.38. The van der Waals surface area contributed by atoms with E-state index in [2.05, 4.69) is 16.3 Å². The summed E-state index contributed by atoms with van der Waals surface area (Å²) in [6, 6.07) is 14.1. The lowest BCUT2D eigenvalue weighted by atomic mass is 9.95. The number of hydrogen-bond donors (Lipinski definition) is 2. The first-order valence-corrected chi connectivity index (χ1v) is 9.84. The number of alkyl halides is 3. The SMILES string of the molecule is CCC(C(=O)Nc1ccccc1N1CCCC1)c1ccc(F)cc1.O=C(O)C(F)(F)F. The quantitative estimate of drug-likeness (QED) is 0.628. The number of para-hydroxylation sites is 2. The van der Waals surface area contributed by atoms with Crippen molar-refractivity contribution >= 4 is 23.3 Å². The Kier molecular flexibility index (Phi) is 8.41. The number of benzene rings is 2. The molecule has 1 heterocycles. The minimum Gasteiger partial charge on any atom is -0.475 e. The number of halogens is 4. The maximum atomic E-state index is 13.1. The fourth-order valence-corrected chi connectivity index (χ4v) is 3.30. The van der Waals surface area contributed by atoms with Gasteiger partial charge in [0.05, 0.1) is 17.3 Å². The smallest absolute Gasteiger partial charge is 0.475 e. The van der Waals surface area contributed by atoms with Crippen molar-refractivity contribution in [1.29, 1.82) is 0 Å². The molecule has 0 spiro atoms. The third kappa shape index (κ3) is 6.97. The maximum Gasteiger partial charge on any atom is 0.490 e. The van der Waals surface area contributed by atoms with Gasteiger partial charge in [0.15, 0.2) is 0 Å². The van der Waals surface area contributed by atoms with Crippen LogP contribution in [0.15, 0.2) is 48.5 Å². The lowest BCUT2D eigenvalue weighted by Crippen LogP contribution is -2.24. The van der Waals surface area contributed by atoms with Crippen molar-refractivity contribution in [3.05, 3.63) is 59.9 Å². The number of rotatable bonds is 5. The summed E-state index contributed by atoms with van der Waals surface area (Å²) in [6.45, 7) is 4.03. The summed E-state index contributed by atoms with van der Waals surface area (Å²) in [4.78, 5) is 24.0. The fourth-order valence-electron chi connectivity index (χ4n) is 3.30. The van der Waals surface area contributed by atoms with Crippen LogP contribution in [0, 0.1) is 5.82 Å². The Labute approximate surface area is 177 Å². The summed E-state index contributed by atoms with van der Waals surface area (Å²) in [6.07, 6.45) is -2.03. The molecule has 0 aromatic heterocycles. The molecule has 2 aromatic carbocycles. The Hall–Kier alpha value is -3.10. The minimum atomic E-state index is -5.08. The van der Waals surface area contributed by atoms with Crippen LogP contribution in [-0.4, -0.2) is 36.2 Å². The lowest BCUT2D eigenvalue weighted by Gasteiger charge is -2.23. The summed E-state index contributed by atoms with van der Waals surface area (Å²) in [7, 11) is 0. The van der Waals surface area contributed by atoms with Gasteiger partial charge in [-0.05, 0) is 49.1 Å². The highest BCUT2D eigenvalue weighted by atomic mass is 19.4. The molecule has 5 nitrogen and oxygen atoms in total. The number of hydrogen-bond acceptors (Lipinski definition) is 3. The molecule has 1 amide bonds. The Balaban J connectivity index is 0.000000423. The van der Waals surface area contributed by atoms with Crippen LogP contribution in [0.4, 0.5) is 28.9 Å². The van der Waals surface area contributed by atoms with E-state index in [1.165, 1.54) is 25.0 Å². The van der Waals surface area contributed by atoms with Crippen LogP contribution in [0.5, 0.6) is 0 Å². The standard InChI is InChI=1S/C20H23FN2O.C2HF3O2/c1-2-17(15-9-11-16(21)12-10-15)20(24)22-18-7-3-4-8-19(18)23-13-5-6-14-23;3-2(4,5)1(6)7/h3-4,7-12,17H,2,5-6,13-14H2,1H3,(H,22,24);(H,6,7). The molecule has 9 heteroatoms. The Morgan fingerprint density at radius 1 is 1.06 bits per heavy atom. The first kappa shape index (κ1) is 24.2. The molecule has 3 rings (SSSR count). The predicted molar refractivity (Wildman–Crippen MR) is 110 cm³/mol. The molecular weight excluding hydrogens is 416 g/mol. The molecule has 1 aliphatic heterocycles. The molecule has 1 fully saturated rings. The van der Waals surface area contributed by atoms with Crippen molar-refractivity contribution in [1.82, 2.24) is 0 Å². The van der Waals surface area contributed by atoms with Crippen LogP contribution in [0.1, 0.15) is 37.7 Å². The summed E-state index contributed by atoms with van der Waals surface area (Å²) >= 11 is 0. The second kappa shape index (κ2) is 10.8. The van der Waals surface area contributed by atoms with Crippen LogP contribution in [0.3, 0.4) is 0 Å². The molecule has 1 atom stereocenters. The van der Waals surface area contributed by atoms with Gasteiger partial charge in [0.2, 0.25) is 5.91 Å². The highest BCUT2D eigenvalue weighted by molar-refractivity contribution is 5.98. The van der Waals surface area contributed by atoms with E-state index in [9.17, 15) is 22.4 Å². The summed E-state index contributed by atoms with van der Waals surface area (Å²) < 4.78 is 44.9. The second-order valence-corrected chi connectivity index (χ2v) is 7.02. The van der Waals surface area contributed by atoms with Crippen LogP contribution < -0.4 is 10.2 Å². The van der Waals surface area contributed by atoms with Gasteiger partial charge in [-0.1, -0.05) is 31.2 Å².